The zero-order valence-electron chi connectivity index (χ0n) is 79.7. The Morgan fingerprint density at radius 1 is 0.449 bits per heavy atom. The van der Waals surface area contributed by atoms with Crippen LogP contribution in [0.25, 0.3) is 0 Å². The van der Waals surface area contributed by atoms with Crippen LogP contribution in [-0.4, -0.2) is 329 Å². The van der Waals surface area contributed by atoms with Crippen molar-refractivity contribution in [3.63, 3.8) is 0 Å². The smallest absolute Gasteiger partial charge is 0.345 e. The molecule has 8 atom stereocenters. The maximum Gasteiger partial charge on any atom is 0.345 e. The van der Waals surface area contributed by atoms with Gasteiger partial charge in [0.15, 0.2) is 77.8 Å². The van der Waals surface area contributed by atoms with Crippen LogP contribution in [0.1, 0.15) is 96.4 Å². The number of ether oxygens (including phenoxy) is 1. The van der Waals surface area contributed by atoms with Gasteiger partial charge in [0, 0.05) is 67.7 Å². The summed E-state index contributed by atoms with van der Waals surface area (Å²) in [6, 6.07) is 5.49. The van der Waals surface area contributed by atoms with Crippen molar-refractivity contribution in [3.8, 4) is 0 Å². The number of nitro groups is 7. The monoisotopic (exact) mass is 2220 g/mol. The maximum absolute atomic E-state index is 12.0. The van der Waals surface area contributed by atoms with E-state index >= 15 is 0 Å². The standard InChI is InChI=1S/C16H19N3O6S.C11H16N6O6S.C10H15N3O8S.C10H15N3O6S.C9H9F2N3O3.C9H15N3O7S.C8H13N3O6S/c1-12-5-7-15(8-6-12)26(23,24)25-9-3-4-14(20)11-18-13(2)17-10-16(18)19(21)22;1-8-12-3-11(17(19)20)15(8)4-9-5-16(14-13-9)10(6-18)7-23-24(2,21)22;1-5-11-3-7(13(16)17)12(5)10-9(15)8(14)6(21-10)4-20-22(2,18)19;1-8-11-6-10(13(15)16)12(8)7-9(14)4-3-5-19-20(2,17)18;1-6-12-4-9(14(16)17)13(6)5-7(15)2-3-8(10)11;1-6-10-3-9(12(15)16)11(6)4-7(13)8(14)5-19-20(2,17)18;1-6-9-3-8(11(13)14)10(6)4-7(12)5-17-18(2,15)16/h5-8,10H,3-4,9,11H2,1-2H3;3,5,10,18H,4,6-7H2,1-2H3;3,6,8-10,14-15H,4H2,1-2H3;6H,3-5,7H2,1-2H3;3-4H,2,5H2,1H3;3,7-8,13-14H,4-5H2,1-2H3;3,7,12H,4-5H2,1-2H3. The summed E-state index contributed by atoms with van der Waals surface area (Å²) < 4.78 is 198. The lowest BCUT2D eigenvalue weighted by atomic mass is 10.1. The minimum atomic E-state index is -3.87. The van der Waals surface area contributed by atoms with E-state index in [1.807, 2.05) is 6.92 Å². The molecule has 0 saturated carbocycles. The zero-order chi connectivity index (χ0) is 112. The Labute approximate surface area is 832 Å². The molecule has 8 unspecified atom stereocenters. The second-order valence-corrected chi connectivity index (χ2v) is 40.7. The van der Waals surface area contributed by atoms with Crippen molar-refractivity contribution in [2.24, 2.45) is 0 Å². The average Bonchev–Trinajstić information content (AvgIpc) is 1.62. The fourth-order valence-corrected chi connectivity index (χ4v) is 14.8. The van der Waals surface area contributed by atoms with Crippen LogP contribution in [0.15, 0.2) is 90.9 Å². The van der Waals surface area contributed by atoms with E-state index in [2.05, 4.69) is 66.1 Å². The van der Waals surface area contributed by atoms with Crippen molar-refractivity contribution in [3.05, 3.63) is 209 Å². The van der Waals surface area contributed by atoms with E-state index in [-0.39, 0.29) is 154 Å². The normalized spacial score (nSPS) is 14.9. The summed E-state index contributed by atoms with van der Waals surface area (Å²) in [5, 5.41) is 141. The molecule has 9 heterocycles. The van der Waals surface area contributed by atoms with Crippen LogP contribution < -0.4 is 0 Å². The summed E-state index contributed by atoms with van der Waals surface area (Å²) >= 11 is 0. The van der Waals surface area contributed by atoms with Crippen molar-refractivity contribution in [2.75, 3.05) is 77.5 Å². The number of allylic oxidation sites excluding steroid dienone is 1. The lowest BCUT2D eigenvalue weighted by Crippen LogP contribution is -2.35. The molecule has 1 saturated heterocycles. The number of Topliss-reactive ketones (excluding diaryl/α,β-unsaturated/α-hetero) is 3. The number of aliphatic hydroxyl groups is 6. The summed E-state index contributed by atoms with van der Waals surface area (Å²) in [6.45, 7) is 8.91. The van der Waals surface area contributed by atoms with Crippen LogP contribution in [0.3, 0.4) is 0 Å². The van der Waals surface area contributed by atoms with Gasteiger partial charge in [-0.05, 0) is 72.4 Å². The van der Waals surface area contributed by atoms with Gasteiger partial charge >= 0.3 is 40.7 Å². The molecule has 6 N–H and O–H groups in total. The lowest BCUT2D eigenvalue weighted by Gasteiger charge is -2.16. The van der Waals surface area contributed by atoms with Gasteiger partial charge in [0.1, 0.15) is 111 Å². The number of aliphatic hydroxyl groups excluding tert-OH is 6. The fourth-order valence-electron chi connectivity index (χ4n) is 11.9. The van der Waals surface area contributed by atoms with Crippen molar-refractivity contribution < 1.29 is 169 Å². The van der Waals surface area contributed by atoms with E-state index < -0.39 is 195 Å². The molecule has 1 fully saturated rings. The number of nitrogens with zero attached hydrogens (tertiary/aromatic N) is 24. The van der Waals surface area contributed by atoms with Gasteiger partial charge < -0.3 is 106 Å². The van der Waals surface area contributed by atoms with E-state index in [1.54, 1.807) is 32.9 Å². The van der Waals surface area contributed by atoms with Gasteiger partial charge in [0.25, 0.3) is 66.8 Å². The summed E-state index contributed by atoms with van der Waals surface area (Å²) in [5.74, 6) is -0.828. The Kier molecular flexibility index (Phi) is 48.2. The minimum absolute atomic E-state index is 0.0399. The average molecular weight is 2220 g/mol. The number of aromatic nitrogens is 17. The van der Waals surface area contributed by atoms with E-state index in [9.17, 15) is 175 Å². The van der Waals surface area contributed by atoms with Gasteiger partial charge in [-0.3, -0.25) is 39.5 Å². The summed E-state index contributed by atoms with van der Waals surface area (Å²) in [6.07, 6.45) is 2.27. The molecule has 1 aromatic carbocycles. The first-order valence-corrected chi connectivity index (χ1v) is 52.0. The predicted molar refractivity (Wildman–Crippen MR) is 491 cm³/mol. The number of ketones is 3. The SMILES string of the molecule is Cc1ccc(S(=O)(=O)OCCCC(=O)Cn2c([N+](=O)[O-])cnc2C)cc1.Cc1ncc([N+](=O)[O-])n1C1OC(COS(C)(=O)=O)C(O)C1O.Cc1ncc([N+](=O)[O-])n1CC(=O)CC=C(F)F.Cc1ncc([N+](=O)[O-])n1CC(=O)CCCOS(C)(=O)=O.Cc1ncc([N+](=O)[O-])n1CC(O)C(O)COS(C)(=O)=O.Cc1ncc([N+](=O)[O-])n1CC(O)COS(C)(=O)=O.Cc1ncc([N+](=O)[O-])n1Cc1cn(C(CO)COS(C)(=O)=O)nn1. The molecule has 10 rings (SSSR count). The highest BCUT2D eigenvalue weighted by atomic mass is 32.2. The molecule has 816 valence electrons. The molecule has 0 amide bonds. The second kappa shape index (κ2) is 56.4. The number of carbonyl (C=O) groups excluding carboxylic acids is 3. The van der Waals surface area contributed by atoms with Gasteiger partial charge in [-0.25, -0.2) is 67.0 Å². The molecular formula is C73H102F2N24O42S6. The molecule has 0 radical (unpaired) electrons. The third-order valence-electron chi connectivity index (χ3n) is 19.1. The number of aryl methyl sites for hydroxylation is 8. The molecule has 1 aliphatic heterocycles. The highest BCUT2D eigenvalue weighted by Gasteiger charge is 2.49. The molecule has 9 aromatic rings. The van der Waals surface area contributed by atoms with Crippen LogP contribution in [0, 0.1) is 126 Å². The number of imidazole rings is 7. The van der Waals surface area contributed by atoms with E-state index in [0.717, 1.165) is 93.9 Å². The zero-order valence-corrected chi connectivity index (χ0v) is 84.6. The van der Waals surface area contributed by atoms with Gasteiger partial charge in [-0.2, -0.15) is 63.9 Å². The van der Waals surface area contributed by atoms with Crippen LogP contribution in [0.2, 0.25) is 0 Å². The van der Waals surface area contributed by atoms with Gasteiger partial charge in [-0.1, -0.05) is 22.9 Å². The van der Waals surface area contributed by atoms with Crippen molar-refractivity contribution >= 4 is 119 Å². The highest BCUT2D eigenvalue weighted by molar-refractivity contribution is 7.87. The molecule has 74 heteroatoms. The third-order valence-corrected chi connectivity index (χ3v) is 23.3. The summed E-state index contributed by atoms with van der Waals surface area (Å²) in [4.78, 5) is 133. The van der Waals surface area contributed by atoms with Gasteiger partial charge in [0.2, 0.25) is 6.23 Å². The molecule has 0 bridgehead atoms. The molecule has 0 aliphatic carbocycles. The molecular weight excluding hydrogens is 2120 g/mol. The van der Waals surface area contributed by atoms with Crippen molar-refractivity contribution in [1.29, 1.82) is 0 Å². The Morgan fingerprint density at radius 3 is 1.20 bits per heavy atom. The number of hydrogen-bond donors (Lipinski definition) is 6. The van der Waals surface area contributed by atoms with E-state index in [4.69, 9.17) is 8.92 Å². The number of rotatable bonds is 48. The number of halogens is 2. The Hall–Kier alpha value is -13.6. The highest BCUT2D eigenvalue weighted by Crippen LogP contribution is 2.35. The summed E-state index contributed by atoms with van der Waals surface area (Å²) in [7, 11) is -22.2. The van der Waals surface area contributed by atoms with Crippen molar-refractivity contribution in [2.45, 2.75) is 181 Å². The molecule has 66 nitrogen and oxygen atoms in total. The lowest BCUT2D eigenvalue weighted by molar-refractivity contribution is -0.394. The van der Waals surface area contributed by atoms with Gasteiger partial charge in [0.05, 0.1) is 88.6 Å². The molecule has 147 heavy (non-hydrogen) atoms. The minimum Gasteiger partial charge on any atom is -0.394 e. The Balaban J connectivity index is 0.000000359. The Bertz CT molecular complexity index is 6860. The van der Waals surface area contributed by atoms with Crippen LogP contribution in [0.4, 0.5) is 49.5 Å². The van der Waals surface area contributed by atoms with Crippen LogP contribution >= 0.6 is 0 Å². The van der Waals surface area contributed by atoms with Crippen LogP contribution in [-0.2, 0) is 144 Å². The predicted octanol–water partition coefficient (Wildman–Crippen LogP) is 0.606. The number of benzene rings is 1. The quantitative estimate of drug-likeness (QED) is 0.0132. The molecule has 1 aliphatic rings. The first kappa shape index (κ1) is 126. The molecule has 8 aromatic heterocycles. The second-order valence-electron chi connectivity index (χ2n) is 30.8. The first-order valence-electron chi connectivity index (χ1n) is 41.5. The van der Waals surface area contributed by atoms with Crippen molar-refractivity contribution in [1.82, 2.24) is 81.9 Å². The number of carbonyl (C=O) groups is 3. The summed E-state index contributed by atoms with van der Waals surface area (Å²) in [5.41, 5.74) is 1.32. The maximum atomic E-state index is 12.0. The van der Waals surface area contributed by atoms with E-state index in [1.165, 1.54) is 69.0 Å². The molecule has 0 spiro atoms. The number of hydrogen-bond acceptors (Lipinski definition) is 51. The van der Waals surface area contributed by atoms with Gasteiger partial charge in [-0.15, -0.1) is 5.10 Å². The first-order chi connectivity index (χ1) is 68.0. The topological polar surface area (TPSA) is 899 Å². The Morgan fingerprint density at radius 2 is 0.803 bits per heavy atom. The van der Waals surface area contributed by atoms with Crippen LogP contribution in [0.5, 0.6) is 0 Å². The van der Waals surface area contributed by atoms with E-state index in [0.29, 0.717) is 35.1 Å². The largest absolute Gasteiger partial charge is 0.394 e. The third kappa shape index (κ3) is 42.8. The fraction of sp³-hybridized carbons (Fsp3) is 0.534.